The predicted molar refractivity (Wildman–Crippen MR) is 120 cm³/mol. The second kappa shape index (κ2) is 8.93. The van der Waals surface area contributed by atoms with Crippen molar-refractivity contribution < 1.29 is 9.21 Å². The number of carbonyl (C=O) groups excluding carboxylic acids is 1. The lowest BCUT2D eigenvalue weighted by molar-refractivity contribution is -0.118. The van der Waals surface area contributed by atoms with Crippen molar-refractivity contribution in [2.75, 3.05) is 5.75 Å². The van der Waals surface area contributed by atoms with Crippen LogP contribution in [0.1, 0.15) is 18.9 Å². The predicted octanol–water partition coefficient (Wildman–Crippen LogP) is 4.61. The molecule has 1 amide bonds. The lowest BCUT2D eigenvalue weighted by atomic mass is 10.2. The van der Waals surface area contributed by atoms with E-state index in [1.165, 1.54) is 11.8 Å². The molecule has 0 saturated heterocycles. The van der Waals surface area contributed by atoms with Gasteiger partial charge in [-0.2, -0.15) is 0 Å². The van der Waals surface area contributed by atoms with Crippen LogP contribution >= 0.6 is 23.4 Å². The Morgan fingerprint density at radius 1 is 1.20 bits per heavy atom. The number of furan rings is 1. The monoisotopic (exact) mass is 441 g/mol. The van der Waals surface area contributed by atoms with Gasteiger partial charge in [0.25, 0.3) is 5.56 Å². The van der Waals surface area contributed by atoms with Gasteiger partial charge in [-0.05, 0) is 36.2 Å². The molecule has 0 aliphatic carbocycles. The van der Waals surface area contributed by atoms with Crippen LogP contribution in [-0.4, -0.2) is 21.2 Å². The summed E-state index contributed by atoms with van der Waals surface area (Å²) < 4.78 is 7.34. The average Bonchev–Trinajstić information content (AvgIpc) is 3.13. The molecule has 2 aromatic heterocycles. The van der Waals surface area contributed by atoms with E-state index in [2.05, 4.69) is 10.3 Å². The van der Waals surface area contributed by atoms with Gasteiger partial charge in [0.05, 0.1) is 5.75 Å². The number of hydrogen-bond donors (Lipinski definition) is 1. The summed E-state index contributed by atoms with van der Waals surface area (Å²) in [4.78, 5) is 30.0. The summed E-state index contributed by atoms with van der Waals surface area (Å²) in [6.07, 6.45) is 0.768. The number of carbonyl (C=O) groups is 1. The van der Waals surface area contributed by atoms with Crippen molar-refractivity contribution in [1.29, 1.82) is 0 Å². The number of rotatable bonds is 7. The molecule has 0 atom stereocenters. The molecule has 2 heterocycles. The van der Waals surface area contributed by atoms with Crippen LogP contribution in [0.2, 0.25) is 5.02 Å². The summed E-state index contributed by atoms with van der Waals surface area (Å²) in [5.74, 6) is 0.0230. The zero-order valence-corrected chi connectivity index (χ0v) is 17.9. The van der Waals surface area contributed by atoms with Gasteiger partial charge in [-0.3, -0.25) is 14.2 Å². The number of halogens is 1. The third kappa shape index (κ3) is 4.22. The van der Waals surface area contributed by atoms with Gasteiger partial charge in [-0.25, -0.2) is 4.98 Å². The Bertz CT molecular complexity index is 1260. The molecule has 6 nitrogen and oxygen atoms in total. The van der Waals surface area contributed by atoms with E-state index in [4.69, 9.17) is 16.0 Å². The minimum atomic E-state index is -0.220. The SMILES string of the molecule is CCCn1c(SCC(=O)NCc2ccc(Cl)cc2)nc2c(oc3ccccc32)c1=O. The molecule has 4 rings (SSSR count). The number of thioether (sulfide) groups is 1. The molecule has 30 heavy (non-hydrogen) atoms. The Morgan fingerprint density at radius 3 is 2.73 bits per heavy atom. The van der Waals surface area contributed by atoms with E-state index < -0.39 is 0 Å². The van der Waals surface area contributed by atoms with E-state index in [1.807, 2.05) is 43.3 Å². The third-order valence-electron chi connectivity index (χ3n) is 4.63. The van der Waals surface area contributed by atoms with E-state index in [0.29, 0.717) is 34.4 Å². The second-order valence-corrected chi connectivity index (χ2v) is 8.20. The van der Waals surface area contributed by atoms with Crippen molar-refractivity contribution in [1.82, 2.24) is 14.9 Å². The van der Waals surface area contributed by atoms with Gasteiger partial charge < -0.3 is 9.73 Å². The second-order valence-electron chi connectivity index (χ2n) is 6.82. The summed E-state index contributed by atoms with van der Waals surface area (Å²) in [7, 11) is 0. The highest BCUT2D eigenvalue weighted by Crippen LogP contribution is 2.27. The molecular weight excluding hydrogens is 422 g/mol. The van der Waals surface area contributed by atoms with Gasteiger partial charge in [0.1, 0.15) is 11.1 Å². The van der Waals surface area contributed by atoms with E-state index >= 15 is 0 Å². The lowest BCUT2D eigenvalue weighted by Gasteiger charge is -2.11. The quantitative estimate of drug-likeness (QED) is 0.334. The first-order chi connectivity index (χ1) is 14.6. The van der Waals surface area contributed by atoms with Gasteiger partial charge in [-0.15, -0.1) is 0 Å². The van der Waals surface area contributed by atoms with Gasteiger partial charge >= 0.3 is 0 Å². The average molecular weight is 442 g/mol. The third-order valence-corrected chi connectivity index (χ3v) is 5.86. The van der Waals surface area contributed by atoms with Crippen LogP contribution in [0.3, 0.4) is 0 Å². The van der Waals surface area contributed by atoms with Gasteiger partial charge in [0.2, 0.25) is 11.5 Å². The highest BCUT2D eigenvalue weighted by molar-refractivity contribution is 7.99. The number of benzene rings is 2. The molecule has 0 saturated carbocycles. The standard InChI is InChI=1S/C22H20ClN3O3S/c1-2-11-26-21(28)20-19(16-5-3-4-6-17(16)29-20)25-22(26)30-13-18(27)24-12-14-7-9-15(23)10-8-14/h3-10H,2,11-13H2,1H3,(H,24,27). The van der Waals surface area contributed by atoms with E-state index in [0.717, 1.165) is 17.4 Å². The van der Waals surface area contributed by atoms with E-state index in [9.17, 15) is 9.59 Å². The minimum Gasteiger partial charge on any atom is -0.448 e. The number of fused-ring (bicyclic) bond motifs is 3. The largest absolute Gasteiger partial charge is 0.448 e. The molecule has 0 aliphatic rings. The zero-order valence-electron chi connectivity index (χ0n) is 16.4. The highest BCUT2D eigenvalue weighted by atomic mass is 35.5. The molecular formula is C22H20ClN3O3S. The molecule has 0 bridgehead atoms. The molecule has 4 aromatic rings. The van der Waals surface area contributed by atoms with E-state index in [-0.39, 0.29) is 22.8 Å². The molecule has 1 N–H and O–H groups in total. The smallest absolute Gasteiger partial charge is 0.297 e. The van der Waals surface area contributed by atoms with Crippen LogP contribution in [0.5, 0.6) is 0 Å². The van der Waals surface area contributed by atoms with Crippen LogP contribution in [0, 0.1) is 0 Å². The van der Waals surface area contributed by atoms with Gasteiger partial charge in [-0.1, -0.05) is 54.6 Å². The zero-order chi connectivity index (χ0) is 21.1. The first kappa shape index (κ1) is 20.5. The van der Waals surface area contributed by atoms with Crippen molar-refractivity contribution in [3.63, 3.8) is 0 Å². The maximum atomic E-state index is 13.0. The molecule has 8 heteroatoms. The Morgan fingerprint density at radius 2 is 1.97 bits per heavy atom. The van der Waals surface area contributed by atoms with Crippen molar-refractivity contribution in [3.05, 3.63) is 69.5 Å². The maximum absolute atomic E-state index is 13.0. The number of hydrogen-bond acceptors (Lipinski definition) is 5. The van der Waals surface area contributed by atoms with Crippen LogP contribution in [0.4, 0.5) is 0 Å². The first-order valence-electron chi connectivity index (χ1n) is 9.63. The van der Waals surface area contributed by atoms with Crippen LogP contribution < -0.4 is 10.9 Å². The Labute approximate surface area is 182 Å². The Hall–Kier alpha value is -2.77. The van der Waals surface area contributed by atoms with Gasteiger partial charge in [0, 0.05) is 23.5 Å². The highest BCUT2D eigenvalue weighted by Gasteiger charge is 2.18. The fourth-order valence-corrected chi connectivity index (χ4v) is 4.14. The van der Waals surface area contributed by atoms with Crippen LogP contribution in [-0.2, 0) is 17.9 Å². The summed E-state index contributed by atoms with van der Waals surface area (Å²) in [6.45, 7) is 2.91. The maximum Gasteiger partial charge on any atom is 0.297 e. The molecule has 0 fully saturated rings. The summed E-state index contributed by atoms with van der Waals surface area (Å²) >= 11 is 7.13. The molecule has 0 radical (unpaired) electrons. The van der Waals surface area contributed by atoms with E-state index in [1.54, 1.807) is 16.7 Å². The molecule has 0 aliphatic heterocycles. The molecule has 0 unspecified atom stereocenters. The molecule has 0 spiro atoms. The van der Waals surface area contributed by atoms with Crippen LogP contribution in [0.15, 0.2) is 62.9 Å². The van der Waals surface area contributed by atoms with Crippen molar-refractivity contribution in [2.24, 2.45) is 0 Å². The van der Waals surface area contributed by atoms with Crippen molar-refractivity contribution in [3.8, 4) is 0 Å². The number of aromatic nitrogens is 2. The van der Waals surface area contributed by atoms with Gasteiger partial charge in [0.15, 0.2) is 5.16 Å². The Kier molecular flexibility index (Phi) is 6.11. The van der Waals surface area contributed by atoms with Crippen LogP contribution in [0.25, 0.3) is 22.1 Å². The lowest BCUT2D eigenvalue weighted by Crippen LogP contribution is -2.26. The number of nitrogens with zero attached hydrogens (tertiary/aromatic N) is 2. The number of para-hydroxylation sites is 1. The minimum absolute atomic E-state index is 0.135. The Balaban J connectivity index is 1.55. The fourth-order valence-electron chi connectivity index (χ4n) is 3.17. The summed E-state index contributed by atoms with van der Waals surface area (Å²) in [5.41, 5.74) is 2.16. The number of nitrogens with one attached hydrogen (secondary N) is 1. The molecule has 154 valence electrons. The van der Waals surface area contributed by atoms with Crippen molar-refractivity contribution >= 4 is 51.3 Å². The normalized spacial score (nSPS) is 11.3. The molecule has 2 aromatic carbocycles. The topological polar surface area (TPSA) is 77.1 Å². The van der Waals surface area contributed by atoms with Crippen molar-refractivity contribution in [2.45, 2.75) is 31.6 Å². The summed E-state index contributed by atoms with van der Waals surface area (Å²) in [5, 5.41) is 4.85. The summed E-state index contributed by atoms with van der Waals surface area (Å²) in [6, 6.07) is 14.7. The number of amides is 1. The first-order valence-corrected chi connectivity index (χ1v) is 11.0. The fraction of sp³-hybridized carbons (Fsp3) is 0.227.